The van der Waals surface area contributed by atoms with Crippen molar-refractivity contribution in [3.63, 3.8) is 0 Å². The van der Waals surface area contributed by atoms with Crippen LogP contribution in [0.1, 0.15) is 10.4 Å². The summed E-state index contributed by atoms with van der Waals surface area (Å²) in [5, 5.41) is 7.74. The van der Waals surface area contributed by atoms with Gasteiger partial charge in [0.2, 0.25) is 0 Å². The van der Waals surface area contributed by atoms with E-state index in [1.165, 1.54) is 0 Å². The van der Waals surface area contributed by atoms with Gasteiger partial charge in [-0.15, -0.1) is 0 Å². The van der Waals surface area contributed by atoms with Crippen molar-refractivity contribution in [3.05, 3.63) is 27.7 Å². The van der Waals surface area contributed by atoms with Gasteiger partial charge in [0.05, 0.1) is 16.3 Å². The molecule has 0 heterocycles. The number of sulfonamides is 1. The molecule has 1 rings (SSSR count). The number of anilines is 1. The van der Waals surface area contributed by atoms with E-state index in [-0.39, 0.29) is 5.02 Å². The van der Waals surface area contributed by atoms with Crippen LogP contribution in [0.4, 0.5) is 18.9 Å². The van der Waals surface area contributed by atoms with Crippen LogP contribution < -0.4 is 4.72 Å². The van der Waals surface area contributed by atoms with Crippen LogP contribution in [0.25, 0.3) is 0 Å². The van der Waals surface area contributed by atoms with E-state index in [0.717, 1.165) is 16.9 Å². The molecule has 0 saturated heterocycles. The van der Waals surface area contributed by atoms with Crippen molar-refractivity contribution in [2.75, 3.05) is 4.72 Å². The van der Waals surface area contributed by atoms with Gasteiger partial charge in [-0.25, -0.2) is 4.79 Å². The number of carboxylic acids is 1. The molecule has 0 aliphatic rings. The highest BCUT2D eigenvalue weighted by Crippen LogP contribution is 2.33. The van der Waals surface area contributed by atoms with Crippen molar-refractivity contribution in [2.45, 2.75) is 5.51 Å². The molecule has 0 unspecified atom stereocenters. The number of carboxylic acid groups (broad SMARTS) is 1. The first kappa shape index (κ1) is 15.9. The molecule has 19 heavy (non-hydrogen) atoms. The highest BCUT2D eigenvalue weighted by atomic mass is 35.5. The molecule has 0 atom stereocenters. The van der Waals surface area contributed by atoms with Gasteiger partial charge < -0.3 is 5.11 Å². The number of benzene rings is 1. The molecule has 0 aliphatic heterocycles. The zero-order valence-electron chi connectivity index (χ0n) is 8.62. The van der Waals surface area contributed by atoms with Gasteiger partial charge >= 0.3 is 21.5 Å². The quantitative estimate of drug-likeness (QED) is 0.888. The first-order chi connectivity index (χ1) is 8.45. The van der Waals surface area contributed by atoms with E-state index in [1.54, 1.807) is 0 Å². The summed E-state index contributed by atoms with van der Waals surface area (Å²) in [4.78, 5) is 10.7. The lowest BCUT2D eigenvalue weighted by Gasteiger charge is -2.13. The minimum atomic E-state index is -5.72. The number of carbonyl (C=O) groups is 1. The summed E-state index contributed by atoms with van der Waals surface area (Å²) < 4.78 is 59.4. The van der Waals surface area contributed by atoms with E-state index < -0.39 is 37.8 Å². The van der Waals surface area contributed by atoms with Crippen molar-refractivity contribution in [1.82, 2.24) is 0 Å². The average Bonchev–Trinajstić information content (AvgIpc) is 2.20. The molecule has 0 aromatic heterocycles. The van der Waals surface area contributed by atoms with Crippen molar-refractivity contribution < 1.29 is 31.5 Å². The highest BCUT2D eigenvalue weighted by Gasteiger charge is 2.46. The van der Waals surface area contributed by atoms with Crippen LogP contribution >= 0.6 is 23.2 Å². The summed E-state index contributed by atoms with van der Waals surface area (Å²) in [5.74, 6) is -1.57. The van der Waals surface area contributed by atoms with Crippen LogP contribution in [0.5, 0.6) is 0 Å². The lowest BCUT2D eigenvalue weighted by molar-refractivity contribution is -0.0429. The minimum absolute atomic E-state index is 0.290. The molecule has 1 aromatic carbocycles. The third-order valence-electron chi connectivity index (χ3n) is 1.82. The molecule has 11 heteroatoms. The van der Waals surface area contributed by atoms with E-state index in [9.17, 15) is 26.4 Å². The molecule has 0 amide bonds. The van der Waals surface area contributed by atoms with Crippen molar-refractivity contribution in [2.24, 2.45) is 0 Å². The molecule has 2 N–H and O–H groups in total. The predicted octanol–water partition coefficient (Wildman–Crippen LogP) is 2.95. The third kappa shape index (κ3) is 3.43. The maximum absolute atomic E-state index is 12.2. The number of alkyl halides is 3. The summed E-state index contributed by atoms with van der Waals surface area (Å²) >= 11 is 11.0. The Morgan fingerprint density at radius 2 is 1.79 bits per heavy atom. The molecule has 0 spiro atoms. The Kier molecular flexibility index (Phi) is 4.23. The standard InChI is InChI=1S/C8H4Cl2F3NO4S/c9-3-1-4(7(15)16)6(10)5(2-3)14-19(17,18)8(11,12)13/h1-2,14H,(H,15,16). The van der Waals surface area contributed by atoms with Crippen LogP contribution in [-0.2, 0) is 10.0 Å². The Morgan fingerprint density at radius 1 is 1.26 bits per heavy atom. The van der Waals surface area contributed by atoms with Crippen LogP contribution in [0, 0.1) is 0 Å². The number of aromatic carboxylic acids is 1. The summed E-state index contributed by atoms with van der Waals surface area (Å²) in [7, 11) is -5.72. The van der Waals surface area contributed by atoms with Gasteiger partial charge in [0.1, 0.15) is 0 Å². The van der Waals surface area contributed by atoms with Gasteiger partial charge in [0, 0.05) is 5.02 Å². The van der Waals surface area contributed by atoms with Gasteiger partial charge in [-0.05, 0) is 12.1 Å². The normalized spacial score (nSPS) is 12.3. The van der Waals surface area contributed by atoms with Gasteiger partial charge in [0.25, 0.3) is 0 Å². The first-order valence-corrected chi connectivity index (χ1v) is 6.51. The molecule has 0 saturated carbocycles. The fraction of sp³-hybridized carbons (Fsp3) is 0.125. The predicted molar refractivity (Wildman–Crippen MR) is 62.0 cm³/mol. The lowest BCUT2D eigenvalue weighted by atomic mass is 10.2. The molecular formula is C8H4Cl2F3NO4S. The summed E-state index contributed by atoms with van der Waals surface area (Å²) in [6.45, 7) is 0. The first-order valence-electron chi connectivity index (χ1n) is 4.27. The summed E-state index contributed by atoms with van der Waals surface area (Å²) in [6.07, 6.45) is 0. The van der Waals surface area contributed by atoms with E-state index in [0.29, 0.717) is 0 Å². The Morgan fingerprint density at radius 3 is 2.21 bits per heavy atom. The minimum Gasteiger partial charge on any atom is -0.478 e. The van der Waals surface area contributed by atoms with Crippen LogP contribution in [0.3, 0.4) is 0 Å². The van der Waals surface area contributed by atoms with Gasteiger partial charge in [-0.1, -0.05) is 23.2 Å². The number of hydrogen-bond donors (Lipinski definition) is 2. The maximum atomic E-state index is 12.2. The molecule has 0 aliphatic carbocycles. The smallest absolute Gasteiger partial charge is 0.478 e. The number of halogens is 5. The molecule has 0 fully saturated rings. The van der Waals surface area contributed by atoms with E-state index in [1.807, 2.05) is 0 Å². The molecule has 106 valence electrons. The topological polar surface area (TPSA) is 83.5 Å². The Bertz CT molecular complexity index is 630. The van der Waals surface area contributed by atoms with Gasteiger partial charge in [-0.3, -0.25) is 4.72 Å². The van der Waals surface area contributed by atoms with Crippen molar-refractivity contribution in [3.8, 4) is 0 Å². The summed E-state index contributed by atoms with van der Waals surface area (Å²) in [6, 6.07) is 1.64. The fourth-order valence-corrected chi connectivity index (χ4v) is 2.10. The van der Waals surface area contributed by atoms with Crippen molar-refractivity contribution in [1.29, 1.82) is 0 Å². The fourth-order valence-electron chi connectivity index (χ4n) is 1.02. The van der Waals surface area contributed by atoms with E-state index in [4.69, 9.17) is 28.3 Å². The van der Waals surface area contributed by atoms with Crippen LogP contribution in [0.15, 0.2) is 12.1 Å². The molecule has 0 bridgehead atoms. The van der Waals surface area contributed by atoms with E-state index >= 15 is 0 Å². The largest absolute Gasteiger partial charge is 0.516 e. The van der Waals surface area contributed by atoms with Crippen LogP contribution in [0.2, 0.25) is 10.0 Å². The Labute approximate surface area is 115 Å². The number of hydrogen-bond acceptors (Lipinski definition) is 3. The maximum Gasteiger partial charge on any atom is 0.516 e. The second-order valence-electron chi connectivity index (χ2n) is 3.17. The van der Waals surface area contributed by atoms with Gasteiger partial charge in [-0.2, -0.15) is 21.6 Å². The summed E-state index contributed by atoms with van der Waals surface area (Å²) in [5.41, 5.74) is -6.97. The van der Waals surface area contributed by atoms with Gasteiger partial charge in [0.15, 0.2) is 0 Å². The molecule has 1 aromatic rings. The zero-order chi connectivity index (χ0) is 15.0. The zero-order valence-corrected chi connectivity index (χ0v) is 11.0. The number of rotatable bonds is 3. The van der Waals surface area contributed by atoms with E-state index in [2.05, 4.69) is 0 Å². The van der Waals surface area contributed by atoms with Crippen LogP contribution in [-0.4, -0.2) is 25.0 Å². The Balaban J connectivity index is 3.35. The van der Waals surface area contributed by atoms with Crippen molar-refractivity contribution >= 4 is 44.9 Å². The molecule has 5 nitrogen and oxygen atoms in total. The second-order valence-corrected chi connectivity index (χ2v) is 5.66. The second kappa shape index (κ2) is 5.06. The highest BCUT2D eigenvalue weighted by molar-refractivity contribution is 7.93. The molecule has 0 radical (unpaired) electrons. The monoisotopic (exact) mass is 337 g/mol. The lowest BCUT2D eigenvalue weighted by Crippen LogP contribution is -2.30. The average molecular weight is 338 g/mol. The Hall–Kier alpha value is -1.19. The molecular weight excluding hydrogens is 334 g/mol. The SMILES string of the molecule is O=C(O)c1cc(Cl)cc(NS(=O)(=O)C(F)(F)F)c1Cl. The number of nitrogens with one attached hydrogen (secondary N) is 1. The third-order valence-corrected chi connectivity index (χ3v) is 3.54.